The predicted molar refractivity (Wildman–Crippen MR) is 103 cm³/mol. The SMILES string of the molecule is Cn1ccc(Nc2ccccc2NC(=O)c2cccc(NCCO)c2)n1. The summed E-state index contributed by atoms with van der Waals surface area (Å²) in [5.74, 6) is 0.484. The van der Waals surface area contributed by atoms with E-state index < -0.39 is 0 Å². The minimum atomic E-state index is -0.215. The summed E-state index contributed by atoms with van der Waals surface area (Å²) in [5.41, 5.74) is 2.73. The maximum atomic E-state index is 12.6. The molecule has 0 bridgehead atoms. The number of rotatable bonds is 7. The van der Waals surface area contributed by atoms with Crippen molar-refractivity contribution in [1.29, 1.82) is 0 Å². The number of anilines is 4. The van der Waals surface area contributed by atoms with Gasteiger partial charge in [0, 0.05) is 37.1 Å². The van der Waals surface area contributed by atoms with Crippen LogP contribution in [0, 0.1) is 0 Å². The molecule has 26 heavy (non-hydrogen) atoms. The molecule has 134 valence electrons. The maximum Gasteiger partial charge on any atom is 0.255 e. The summed E-state index contributed by atoms with van der Waals surface area (Å²) in [7, 11) is 1.84. The molecule has 0 fully saturated rings. The second kappa shape index (κ2) is 8.17. The number of benzene rings is 2. The van der Waals surface area contributed by atoms with E-state index in [9.17, 15) is 4.79 Å². The van der Waals surface area contributed by atoms with E-state index in [0.29, 0.717) is 23.6 Å². The van der Waals surface area contributed by atoms with Gasteiger partial charge in [-0.25, -0.2) is 0 Å². The monoisotopic (exact) mass is 351 g/mol. The number of aromatic nitrogens is 2. The van der Waals surface area contributed by atoms with Crippen LogP contribution in [0.15, 0.2) is 60.8 Å². The van der Waals surface area contributed by atoms with E-state index in [-0.39, 0.29) is 12.5 Å². The molecule has 7 nitrogen and oxygen atoms in total. The van der Waals surface area contributed by atoms with Gasteiger partial charge in [0.25, 0.3) is 5.91 Å². The van der Waals surface area contributed by atoms with Gasteiger partial charge in [-0.1, -0.05) is 18.2 Å². The van der Waals surface area contributed by atoms with Crippen LogP contribution in [-0.2, 0) is 7.05 Å². The van der Waals surface area contributed by atoms with E-state index in [4.69, 9.17) is 5.11 Å². The molecule has 0 aliphatic rings. The summed E-state index contributed by atoms with van der Waals surface area (Å²) in [6, 6.07) is 16.5. The molecule has 1 aromatic heterocycles. The molecule has 3 aromatic rings. The lowest BCUT2D eigenvalue weighted by atomic mass is 10.1. The summed E-state index contributed by atoms with van der Waals surface area (Å²) in [6.45, 7) is 0.463. The van der Waals surface area contributed by atoms with Crippen LogP contribution in [-0.4, -0.2) is 33.9 Å². The number of hydrogen-bond acceptors (Lipinski definition) is 5. The van der Waals surface area contributed by atoms with E-state index >= 15 is 0 Å². The van der Waals surface area contributed by atoms with Crippen molar-refractivity contribution >= 4 is 28.8 Å². The number of amides is 1. The van der Waals surface area contributed by atoms with Crippen molar-refractivity contribution in [1.82, 2.24) is 9.78 Å². The molecular weight excluding hydrogens is 330 g/mol. The van der Waals surface area contributed by atoms with Gasteiger partial charge in [0.2, 0.25) is 0 Å². The third-order valence-electron chi connectivity index (χ3n) is 3.72. The Bertz CT molecular complexity index is 891. The molecular formula is C19H21N5O2. The normalized spacial score (nSPS) is 10.4. The summed E-state index contributed by atoms with van der Waals surface area (Å²) >= 11 is 0. The number of aryl methyl sites for hydroxylation is 1. The maximum absolute atomic E-state index is 12.6. The lowest BCUT2D eigenvalue weighted by Gasteiger charge is -2.12. The van der Waals surface area contributed by atoms with Crippen LogP contribution in [0.25, 0.3) is 0 Å². The number of carbonyl (C=O) groups excluding carboxylic acids is 1. The van der Waals surface area contributed by atoms with Gasteiger partial charge in [0.1, 0.15) is 0 Å². The second-order valence-electron chi connectivity index (χ2n) is 5.73. The highest BCUT2D eigenvalue weighted by atomic mass is 16.3. The standard InChI is InChI=1S/C19H21N5O2/c1-24-11-9-18(23-24)21-16-7-2-3-8-17(16)22-19(26)14-5-4-6-15(13-14)20-10-12-25/h2-9,11,13,20,25H,10,12H2,1H3,(H,21,23)(H,22,26). The first kappa shape index (κ1) is 17.5. The fourth-order valence-electron chi connectivity index (χ4n) is 2.49. The van der Waals surface area contributed by atoms with E-state index in [0.717, 1.165) is 11.4 Å². The molecule has 0 radical (unpaired) electrons. The highest BCUT2D eigenvalue weighted by molar-refractivity contribution is 6.06. The summed E-state index contributed by atoms with van der Waals surface area (Å²) < 4.78 is 1.70. The number of hydrogen-bond donors (Lipinski definition) is 4. The zero-order valence-electron chi connectivity index (χ0n) is 14.4. The molecule has 0 aliphatic carbocycles. The predicted octanol–water partition coefficient (Wildman–Crippen LogP) is 2.82. The molecule has 2 aromatic carbocycles. The van der Waals surface area contributed by atoms with Crippen LogP contribution in [0.5, 0.6) is 0 Å². The highest BCUT2D eigenvalue weighted by Crippen LogP contribution is 2.25. The van der Waals surface area contributed by atoms with E-state index in [1.165, 1.54) is 0 Å². The second-order valence-corrected chi connectivity index (χ2v) is 5.73. The Morgan fingerprint density at radius 2 is 1.92 bits per heavy atom. The number of carbonyl (C=O) groups is 1. The Hall–Kier alpha value is -3.32. The van der Waals surface area contributed by atoms with Gasteiger partial charge in [-0.15, -0.1) is 0 Å². The Morgan fingerprint density at radius 3 is 2.65 bits per heavy atom. The first-order chi connectivity index (χ1) is 12.7. The molecule has 1 heterocycles. The van der Waals surface area contributed by atoms with Crippen LogP contribution < -0.4 is 16.0 Å². The molecule has 0 saturated carbocycles. The third-order valence-corrected chi connectivity index (χ3v) is 3.72. The number of para-hydroxylation sites is 2. The number of aliphatic hydroxyl groups is 1. The fraction of sp³-hybridized carbons (Fsp3) is 0.158. The molecule has 0 atom stereocenters. The zero-order valence-corrected chi connectivity index (χ0v) is 14.4. The van der Waals surface area contributed by atoms with Gasteiger partial charge >= 0.3 is 0 Å². The molecule has 0 spiro atoms. The van der Waals surface area contributed by atoms with Gasteiger partial charge < -0.3 is 21.1 Å². The Kier molecular flexibility index (Phi) is 5.50. The molecule has 4 N–H and O–H groups in total. The van der Waals surface area contributed by atoms with Crippen molar-refractivity contribution in [3.05, 3.63) is 66.4 Å². The highest BCUT2D eigenvalue weighted by Gasteiger charge is 2.10. The third kappa shape index (κ3) is 4.40. The van der Waals surface area contributed by atoms with Crippen molar-refractivity contribution in [3.63, 3.8) is 0 Å². The first-order valence-corrected chi connectivity index (χ1v) is 8.27. The molecule has 0 saturated heterocycles. The first-order valence-electron chi connectivity index (χ1n) is 8.27. The van der Waals surface area contributed by atoms with Gasteiger partial charge in [-0.3, -0.25) is 9.48 Å². The van der Waals surface area contributed by atoms with Crippen molar-refractivity contribution in [2.45, 2.75) is 0 Å². The minimum absolute atomic E-state index is 0.0307. The van der Waals surface area contributed by atoms with Crippen molar-refractivity contribution in [2.75, 3.05) is 29.1 Å². The van der Waals surface area contributed by atoms with Crippen LogP contribution in [0.3, 0.4) is 0 Å². The van der Waals surface area contributed by atoms with Crippen molar-refractivity contribution < 1.29 is 9.90 Å². The minimum Gasteiger partial charge on any atom is -0.395 e. The Balaban J connectivity index is 1.75. The van der Waals surface area contributed by atoms with Gasteiger partial charge in [0.05, 0.1) is 18.0 Å². The smallest absolute Gasteiger partial charge is 0.255 e. The van der Waals surface area contributed by atoms with Crippen LogP contribution in [0.4, 0.5) is 22.9 Å². The summed E-state index contributed by atoms with van der Waals surface area (Å²) in [5, 5.41) is 22.4. The zero-order chi connectivity index (χ0) is 18.4. The molecule has 0 aliphatic heterocycles. The quantitative estimate of drug-likeness (QED) is 0.525. The van der Waals surface area contributed by atoms with Gasteiger partial charge in [-0.05, 0) is 30.3 Å². The number of nitrogens with one attached hydrogen (secondary N) is 3. The average molecular weight is 351 g/mol. The van der Waals surface area contributed by atoms with Crippen molar-refractivity contribution in [3.8, 4) is 0 Å². The molecule has 3 rings (SSSR count). The van der Waals surface area contributed by atoms with Gasteiger partial charge in [-0.2, -0.15) is 5.10 Å². The average Bonchev–Trinajstić information content (AvgIpc) is 3.06. The summed E-state index contributed by atoms with van der Waals surface area (Å²) in [6.07, 6.45) is 1.84. The lowest BCUT2D eigenvalue weighted by molar-refractivity contribution is 0.102. The number of aliphatic hydroxyl groups excluding tert-OH is 1. The van der Waals surface area contributed by atoms with E-state index in [1.54, 1.807) is 22.9 Å². The van der Waals surface area contributed by atoms with E-state index in [1.807, 2.05) is 49.6 Å². The fourth-order valence-corrected chi connectivity index (χ4v) is 2.49. The van der Waals surface area contributed by atoms with Crippen LogP contribution in [0.1, 0.15) is 10.4 Å². The largest absolute Gasteiger partial charge is 0.395 e. The topological polar surface area (TPSA) is 91.2 Å². The van der Waals surface area contributed by atoms with Crippen molar-refractivity contribution in [2.24, 2.45) is 7.05 Å². The summed E-state index contributed by atoms with van der Waals surface area (Å²) in [4.78, 5) is 12.6. The van der Waals surface area contributed by atoms with Crippen LogP contribution >= 0.6 is 0 Å². The molecule has 0 unspecified atom stereocenters. The lowest BCUT2D eigenvalue weighted by Crippen LogP contribution is -2.14. The van der Waals surface area contributed by atoms with E-state index in [2.05, 4.69) is 21.0 Å². The Labute approximate surface area is 151 Å². The van der Waals surface area contributed by atoms with Gasteiger partial charge in [0.15, 0.2) is 5.82 Å². The molecule has 7 heteroatoms. The number of nitrogens with zero attached hydrogens (tertiary/aromatic N) is 2. The van der Waals surface area contributed by atoms with Crippen LogP contribution in [0.2, 0.25) is 0 Å². The molecule has 1 amide bonds. The Morgan fingerprint density at radius 1 is 1.12 bits per heavy atom.